The van der Waals surface area contributed by atoms with Crippen LogP contribution >= 0.6 is 0 Å². The van der Waals surface area contributed by atoms with Crippen molar-refractivity contribution in [1.29, 1.82) is 0 Å². The number of pyridine rings is 1. The number of hydrogen-bond acceptors (Lipinski definition) is 4. The molecule has 0 aliphatic rings. The zero-order valence-electron chi connectivity index (χ0n) is 10.4. The Bertz CT molecular complexity index is 596. The fraction of sp³-hybridized carbons (Fsp3) is 0.0714. The summed E-state index contributed by atoms with van der Waals surface area (Å²) < 4.78 is 5.00. The van der Waals surface area contributed by atoms with Gasteiger partial charge in [0.1, 0.15) is 12.4 Å². The minimum atomic E-state index is -1.07. The van der Waals surface area contributed by atoms with Gasteiger partial charge in [-0.1, -0.05) is 30.3 Å². The summed E-state index contributed by atoms with van der Waals surface area (Å²) in [5.74, 6) is -0.844. The van der Waals surface area contributed by atoms with E-state index in [1.54, 1.807) is 0 Å². The lowest BCUT2D eigenvalue weighted by atomic mass is 10.2. The molecular weight excluding hydrogens is 260 g/mol. The Morgan fingerprint density at radius 3 is 2.50 bits per heavy atom. The molecule has 0 spiro atoms. The maximum atomic E-state index is 11.5. The van der Waals surface area contributed by atoms with Crippen LogP contribution in [0.4, 0.5) is 10.6 Å². The summed E-state index contributed by atoms with van der Waals surface area (Å²) in [6.07, 6.45) is 0.513. The first-order valence-electron chi connectivity index (χ1n) is 5.82. The van der Waals surface area contributed by atoms with Gasteiger partial charge in [0.2, 0.25) is 0 Å². The molecule has 0 saturated carbocycles. The molecule has 0 fully saturated rings. The van der Waals surface area contributed by atoms with Crippen LogP contribution in [0.2, 0.25) is 0 Å². The van der Waals surface area contributed by atoms with Crippen molar-refractivity contribution >= 4 is 17.9 Å². The van der Waals surface area contributed by atoms with Crippen molar-refractivity contribution in [2.45, 2.75) is 6.61 Å². The Balaban J connectivity index is 1.86. The molecule has 0 saturated heterocycles. The van der Waals surface area contributed by atoms with Crippen molar-refractivity contribution in [2.75, 3.05) is 5.32 Å². The second-order valence-electron chi connectivity index (χ2n) is 3.92. The minimum Gasteiger partial charge on any atom is -0.478 e. The highest BCUT2D eigenvalue weighted by atomic mass is 16.5. The topological polar surface area (TPSA) is 88.5 Å². The summed E-state index contributed by atoms with van der Waals surface area (Å²) >= 11 is 0. The molecule has 0 aliphatic heterocycles. The van der Waals surface area contributed by atoms with Gasteiger partial charge in [-0.3, -0.25) is 5.32 Å². The highest BCUT2D eigenvalue weighted by Crippen LogP contribution is 2.06. The number of nitrogens with one attached hydrogen (secondary N) is 1. The van der Waals surface area contributed by atoms with E-state index in [0.717, 1.165) is 11.8 Å². The Morgan fingerprint density at radius 2 is 1.90 bits per heavy atom. The van der Waals surface area contributed by atoms with Gasteiger partial charge in [0.05, 0.1) is 5.56 Å². The molecule has 0 unspecified atom stereocenters. The van der Waals surface area contributed by atoms with Gasteiger partial charge in [-0.2, -0.15) is 0 Å². The van der Waals surface area contributed by atoms with Crippen molar-refractivity contribution in [3.05, 3.63) is 59.8 Å². The van der Waals surface area contributed by atoms with Crippen molar-refractivity contribution < 1.29 is 19.4 Å². The lowest BCUT2D eigenvalue weighted by molar-refractivity contribution is 0.0696. The molecule has 1 amide bonds. The lowest BCUT2D eigenvalue weighted by Gasteiger charge is -2.06. The van der Waals surface area contributed by atoms with E-state index in [4.69, 9.17) is 9.84 Å². The third-order valence-electron chi connectivity index (χ3n) is 2.45. The minimum absolute atomic E-state index is 0.0493. The first kappa shape index (κ1) is 13.5. The predicted molar refractivity (Wildman–Crippen MR) is 71.4 cm³/mol. The Morgan fingerprint density at radius 1 is 1.15 bits per heavy atom. The molecule has 1 aromatic carbocycles. The number of aromatic nitrogens is 1. The molecule has 0 radical (unpaired) electrons. The second kappa shape index (κ2) is 6.33. The Kier molecular flexibility index (Phi) is 4.28. The quantitative estimate of drug-likeness (QED) is 0.892. The van der Waals surface area contributed by atoms with Crippen LogP contribution in [-0.4, -0.2) is 22.2 Å². The van der Waals surface area contributed by atoms with Gasteiger partial charge in [-0.05, 0) is 17.7 Å². The third kappa shape index (κ3) is 3.81. The van der Waals surface area contributed by atoms with Gasteiger partial charge in [0, 0.05) is 6.20 Å². The Hall–Kier alpha value is -2.89. The molecule has 0 atom stereocenters. The number of carbonyl (C=O) groups is 2. The third-order valence-corrected chi connectivity index (χ3v) is 2.45. The number of rotatable bonds is 4. The SMILES string of the molecule is O=C(Nc1ccc(C(=O)O)cn1)OCc1ccccc1. The monoisotopic (exact) mass is 272 g/mol. The van der Waals surface area contributed by atoms with Crippen molar-refractivity contribution in [3.8, 4) is 0 Å². The van der Waals surface area contributed by atoms with Crippen LogP contribution in [0.3, 0.4) is 0 Å². The van der Waals surface area contributed by atoms with Crippen LogP contribution in [0.1, 0.15) is 15.9 Å². The number of carboxylic acids is 1. The van der Waals surface area contributed by atoms with Crippen molar-refractivity contribution in [2.24, 2.45) is 0 Å². The van der Waals surface area contributed by atoms with Crippen LogP contribution in [0, 0.1) is 0 Å². The molecule has 2 rings (SSSR count). The summed E-state index contributed by atoms with van der Waals surface area (Å²) in [7, 11) is 0. The van der Waals surface area contributed by atoms with Crippen LogP contribution < -0.4 is 5.32 Å². The molecular formula is C14H12N2O4. The van der Waals surface area contributed by atoms with Crippen LogP contribution in [-0.2, 0) is 11.3 Å². The molecule has 2 N–H and O–H groups in total. The van der Waals surface area contributed by atoms with Crippen LogP contribution in [0.25, 0.3) is 0 Å². The molecule has 102 valence electrons. The molecule has 6 heteroatoms. The van der Waals surface area contributed by atoms with E-state index in [-0.39, 0.29) is 18.0 Å². The van der Waals surface area contributed by atoms with E-state index in [2.05, 4.69) is 10.3 Å². The maximum absolute atomic E-state index is 11.5. The second-order valence-corrected chi connectivity index (χ2v) is 3.92. The summed E-state index contributed by atoms with van der Waals surface area (Å²) in [6, 6.07) is 12.0. The van der Waals surface area contributed by atoms with Crippen molar-refractivity contribution in [1.82, 2.24) is 4.98 Å². The van der Waals surface area contributed by atoms with Gasteiger partial charge in [0.25, 0.3) is 0 Å². The zero-order chi connectivity index (χ0) is 14.4. The first-order valence-corrected chi connectivity index (χ1v) is 5.82. The standard InChI is InChI=1S/C14H12N2O4/c17-13(18)11-6-7-12(15-8-11)16-14(19)20-9-10-4-2-1-3-5-10/h1-8H,9H2,(H,17,18)(H,15,16,19). The fourth-order valence-corrected chi connectivity index (χ4v) is 1.46. The van der Waals surface area contributed by atoms with Gasteiger partial charge in [-0.15, -0.1) is 0 Å². The number of nitrogens with zero attached hydrogens (tertiary/aromatic N) is 1. The summed E-state index contributed by atoms with van der Waals surface area (Å²) in [5, 5.41) is 11.1. The van der Waals surface area contributed by atoms with E-state index in [1.807, 2.05) is 30.3 Å². The van der Waals surface area contributed by atoms with E-state index in [1.165, 1.54) is 12.1 Å². The molecule has 20 heavy (non-hydrogen) atoms. The average molecular weight is 272 g/mol. The smallest absolute Gasteiger partial charge is 0.413 e. The highest BCUT2D eigenvalue weighted by Gasteiger charge is 2.06. The normalized spacial score (nSPS) is 9.80. The number of ether oxygens (including phenoxy) is 1. The molecule has 0 bridgehead atoms. The first-order chi connectivity index (χ1) is 9.65. The molecule has 1 aromatic heterocycles. The average Bonchev–Trinajstić information content (AvgIpc) is 2.47. The lowest BCUT2D eigenvalue weighted by Crippen LogP contribution is -2.14. The number of hydrogen-bond donors (Lipinski definition) is 2. The van der Waals surface area contributed by atoms with E-state index >= 15 is 0 Å². The van der Waals surface area contributed by atoms with Crippen molar-refractivity contribution in [3.63, 3.8) is 0 Å². The predicted octanol–water partition coefficient (Wildman–Crippen LogP) is 2.53. The van der Waals surface area contributed by atoms with E-state index in [0.29, 0.717) is 0 Å². The largest absolute Gasteiger partial charge is 0.478 e. The number of benzene rings is 1. The number of carbonyl (C=O) groups excluding carboxylic acids is 1. The molecule has 6 nitrogen and oxygen atoms in total. The number of aromatic carboxylic acids is 1. The fourth-order valence-electron chi connectivity index (χ4n) is 1.46. The summed E-state index contributed by atoms with van der Waals surface area (Å²) in [6.45, 7) is 0.153. The summed E-state index contributed by atoms with van der Waals surface area (Å²) in [5.41, 5.74) is 0.921. The van der Waals surface area contributed by atoms with Gasteiger partial charge < -0.3 is 9.84 Å². The van der Waals surface area contributed by atoms with Crippen LogP contribution in [0.15, 0.2) is 48.7 Å². The van der Waals surface area contributed by atoms with Gasteiger partial charge >= 0.3 is 12.1 Å². The summed E-state index contributed by atoms with van der Waals surface area (Å²) in [4.78, 5) is 26.0. The molecule has 2 aromatic rings. The van der Waals surface area contributed by atoms with E-state index < -0.39 is 12.1 Å². The Labute approximate surface area is 115 Å². The molecule has 0 aliphatic carbocycles. The van der Waals surface area contributed by atoms with Gasteiger partial charge in [0.15, 0.2) is 0 Å². The number of amides is 1. The van der Waals surface area contributed by atoms with Gasteiger partial charge in [-0.25, -0.2) is 14.6 Å². The number of anilines is 1. The maximum Gasteiger partial charge on any atom is 0.413 e. The number of carboxylic acid groups (broad SMARTS) is 1. The highest BCUT2D eigenvalue weighted by molar-refractivity contribution is 5.88. The zero-order valence-corrected chi connectivity index (χ0v) is 10.4. The molecule has 1 heterocycles. The van der Waals surface area contributed by atoms with E-state index in [9.17, 15) is 9.59 Å². The van der Waals surface area contributed by atoms with Crippen LogP contribution in [0.5, 0.6) is 0 Å².